The smallest absolute Gasteiger partial charge is 0.265 e. The number of fused-ring (bicyclic) bond motifs is 1. The van der Waals surface area contributed by atoms with E-state index in [9.17, 15) is 9.59 Å². The summed E-state index contributed by atoms with van der Waals surface area (Å²) in [5.41, 5.74) is 8.09. The Bertz CT molecular complexity index is 990. The van der Waals surface area contributed by atoms with Crippen LogP contribution in [0.1, 0.15) is 23.0 Å². The molecule has 7 nitrogen and oxygen atoms in total. The van der Waals surface area contributed by atoms with Gasteiger partial charge < -0.3 is 20.8 Å². The van der Waals surface area contributed by atoms with Crippen LogP contribution >= 0.6 is 0 Å². The fourth-order valence-electron chi connectivity index (χ4n) is 3.00. The van der Waals surface area contributed by atoms with E-state index >= 15 is 0 Å². The molecule has 0 atom stereocenters. The number of nitrogens with two attached hydrogens (primary N) is 1. The summed E-state index contributed by atoms with van der Waals surface area (Å²) >= 11 is 0. The van der Waals surface area contributed by atoms with Crippen molar-refractivity contribution in [3.8, 4) is 11.3 Å². The molecule has 2 aromatic heterocycles. The van der Waals surface area contributed by atoms with Gasteiger partial charge in [-0.3, -0.25) is 14.5 Å². The van der Waals surface area contributed by atoms with Crippen LogP contribution in [0.15, 0.2) is 41.2 Å². The minimum Gasteiger partial charge on any atom is -0.395 e. The van der Waals surface area contributed by atoms with E-state index in [-0.39, 0.29) is 17.9 Å². The molecule has 0 radical (unpaired) electrons. The summed E-state index contributed by atoms with van der Waals surface area (Å²) < 4.78 is 0. The summed E-state index contributed by atoms with van der Waals surface area (Å²) in [7, 11) is 0. The minimum atomic E-state index is -0.668. The fraction of sp³-hybridized carbons (Fsp3) is 0.263. The number of likely N-dealkylation sites (N-methyl/N-ethyl adjacent to an activating group) is 1. The number of rotatable bonds is 7. The number of aromatic nitrogens is 2. The van der Waals surface area contributed by atoms with Crippen molar-refractivity contribution in [3.05, 3.63) is 58.0 Å². The normalized spacial score (nSPS) is 11.3. The van der Waals surface area contributed by atoms with Crippen LogP contribution in [0.25, 0.3) is 22.2 Å². The van der Waals surface area contributed by atoms with E-state index in [1.54, 1.807) is 6.07 Å². The lowest BCUT2D eigenvalue weighted by Gasteiger charge is -2.19. The molecular formula is C19H22N4O3. The number of pyridine rings is 1. The van der Waals surface area contributed by atoms with Crippen molar-refractivity contribution >= 4 is 16.8 Å². The van der Waals surface area contributed by atoms with Crippen LogP contribution in [0.5, 0.6) is 0 Å². The van der Waals surface area contributed by atoms with E-state index in [4.69, 9.17) is 10.8 Å². The average Bonchev–Trinajstić information content (AvgIpc) is 3.04. The van der Waals surface area contributed by atoms with Gasteiger partial charge in [-0.1, -0.05) is 13.0 Å². The van der Waals surface area contributed by atoms with Gasteiger partial charge in [-0.05, 0) is 42.4 Å². The molecule has 3 rings (SSSR count). The van der Waals surface area contributed by atoms with Crippen LogP contribution in [0.3, 0.4) is 0 Å². The number of amides is 1. The van der Waals surface area contributed by atoms with Gasteiger partial charge in [-0.15, -0.1) is 0 Å². The highest BCUT2D eigenvalue weighted by molar-refractivity contribution is 5.91. The van der Waals surface area contributed by atoms with E-state index in [1.165, 1.54) is 6.07 Å². The number of nitrogens with one attached hydrogen (secondary N) is 2. The highest BCUT2D eigenvalue weighted by Crippen LogP contribution is 2.23. The van der Waals surface area contributed by atoms with Crippen LogP contribution < -0.4 is 11.3 Å². The molecule has 0 unspecified atom stereocenters. The summed E-state index contributed by atoms with van der Waals surface area (Å²) in [5, 5.41) is 10.1. The molecule has 3 aromatic rings. The summed E-state index contributed by atoms with van der Waals surface area (Å²) in [6.45, 7) is 4.44. The van der Waals surface area contributed by atoms with Crippen LogP contribution in [0, 0.1) is 0 Å². The Hall–Kier alpha value is -2.90. The standard InChI is InChI=1S/C19H22N4O3/c1-2-23(7-8-24)11-12-3-5-15-13(9-12)10-17(21-15)14-4-6-16(18(20)25)22-19(14)26/h3-6,9-10,21,24H,2,7-8,11H2,1H3,(H2,20,25)(H,22,26). The fourth-order valence-corrected chi connectivity index (χ4v) is 3.00. The average molecular weight is 354 g/mol. The summed E-state index contributed by atoms with van der Waals surface area (Å²) in [6.07, 6.45) is 0. The third kappa shape index (κ3) is 3.68. The van der Waals surface area contributed by atoms with Gasteiger partial charge in [0.2, 0.25) is 0 Å². The van der Waals surface area contributed by atoms with Crippen LogP contribution in [-0.2, 0) is 6.54 Å². The largest absolute Gasteiger partial charge is 0.395 e. The second-order valence-electron chi connectivity index (χ2n) is 6.18. The maximum Gasteiger partial charge on any atom is 0.265 e. The minimum absolute atomic E-state index is 0.0840. The van der Waals surface area contributed by atoms with Crippen molar-refractivity contribution in [2.45, 2.75) is 13.5 Å². The first-order chi connectivity index (χ1) is 12.5. The lowest BCUT2D eigenvalue weighted by atomic mass is 10.1. The third-order valence-electron chi connectivity index (χ3n) is 4.42. The van der Waals surface area contributed by atoms with Crippen molar-refractivity contribution in [1.82, 2.24) is 14.9 Å². The quantitative estimate of drug-likeness (QED) is 0.514. The van der Waals surface area contributed by atoms with Crippen LogP contribution in [0.2, 0.25) is 0 Å². The van der Waals surface area contributed by atoms with Gasteiger partial charge in [0.15, 0.2) is 0 Å². The summed E-state index contributed by atoms with van der Waals surface area (Å²) in [4.78, 5) is 31.3. The molecule has 0 aliphatic carbocycles. The number of carbonyl (C=O) groups excluding carboxylic acids is 1. The van der Waals surface area contributed by atoms with Crippen molar-refractivity contribution in [2.75, 3.05) is 19.7 Å². The molecule has 2 heterocycles. The van der Waals surface area contributed by atoms with E-state index in [1.807, 2.05) is 18.2 Å². The highest BCUT2D eigenvalue weighted by atomic mass is 16.3. The van der Waals surface area contributed by atoms with Gasteiger partial charge in [-0.2, -0.15) is 0 Å². The number of aromatic amines is 2. The number of carbonyl (C=O) groups is 1. The van der Waals surface area contributed by atoms with Gasteiger partial charge in [0.25, 0.3) is 11.5 Å². The lowest BCUT2D eigenvalue weighted by molar-refractivity contribution is 0.0995. The van der Waals surface area contributed by atoms with Crippen molar-refractivity contribution in [2.24, 2.45) is 5.73 Å². The predicted molar refractivity (Wildman–Crippen MR) is 101 cm³/mol. The van der Waals surface area contributed by atoms with Crippen molar-refractivity contribution in [1.29, 1.82) is 0 Å². The number of aliphatic hydroxyl groups excluding tert-OH is 1. The Labute approximate surface area is 150 Å². The Balaban J connectivity index is 1.92. The Morgan fingerprint density at radius 1 is 1.19 bits per heavy atom. The molecule has 0 saturated carbocycles. The van der Waals surface area contributed by atoms with Gasteiger partial charge in [-0.25, -0.2) is 0 Å². The summed E-state index contributed by atoms with van der Waals surface area (Å²) in [5.74, 6) is -0.668. The van der Waals surface area contributed by atoms with Crippen LogP contribution in [-0.4, -0.2) is 45.6 Å². The Kier molecular flexibility index (Phi) is 5.20. The van der Waals surface area contributed by atoms with E-state index in [0.29, 0.717) is 17.8 Å². The Morgan fingerprint density at radius 2 is 2.00 bits per heavy atom. The zero-order chi connectivity index (χ0) is 18.7. The molecular weight excluding hydrogens is 332 g/mol. The topological polar surface area (TPSA) is 115 Å². The van der Waals surface area contributed by atoms with E-state index < -0.39 is 5.91 Å². The first-order valence-electron chi connectivity index (χ1n) is 8.50. The van der Waals surface area contributed by atoms with E-state index in [2.05, 4.69) is 27.9 Å². The lowest BCUT2D eigenvalue weighted by Crippen LogP contribution is -2.25. The molecule has 0 saturated heterocycles. The molecule has 0 spiro atoms. The third-order valence-corrected chi connectivity index (χ3v) is 4.42. The van der Waals surface area contributed by atoms with E-state index in [0.717, 1.165) is 29.6 Å². The van der Waals surface area contributed by atoms with Crippen molar-refractivity contribution < 1.29 is 9.90 Å². The number of primary amides is 1. The zero-order valence-electron chi connectivity index (χ0n) is 14.6. The number of benzene rings is 1. The molecule has 1 amide bonds. The van der Waals surface area contributed by atoms with Gasteiger partial charge in [0.1, 0.15) is 5.69 Å². The number of hydrogen-bond donors (Lipinski definition) is 4. The monoisotopic (exact) mass is 354 g/mol. The molecule has 1 aromatic carbocycles. The zero-order valence-corrected chi connectivity index (χ0v) is 14.6. The molecule has 26 heavy (non-hydrogen) atoms. The highest BCUT2D eigenvalue weighted by Gasteiger charge is 2.11. The second kappa shape index (κ2) is 7.55. The first kappa shape index (κ1) is 17.9. The first-order valence-corrected chi connectivity index (χ1v) is 8.50. The maximum atomic E-state index is 12.2. The number of hydrogen-bond acceptors (Lipinski definition) is 4. The number of H-pyrrole nitrogens is 2. The van der Waals surface area contributed by atoms with Crippen LogP contribution in [0.4, 0.5) is 0 Å². The maximum absolute atomic E-state index is 12.2. The summed E-state index contributed by atoms with van der Waals surface area (Å²) in [6, 6.07) is 11.1. The second-order valence-corrected chi connectivity index (χ2v) is 6.18. The van der Waals surface area contributed by atoms with Crippen molar-refractivity contribution in [3.63, 3.8) is 0 Å². The number of aliphatic hydroxyl groups is 1. The molecule has 5 N–H and O–H groups in total. The predicted octanol–water partition coefficient (Wildman–Crippen LogP) is 1.44. The van der Waals surface area contributed by atoms with Gasteiger partial charge >= 0.3 is 0 Å². The Morgan fingerprint density at radius 3 is 2.65 bits per heavy atom. The molecule has 0 bridgehead atoms. The molecule has 0 fully saturated rings. The molecule has 0 aliphatic rings. The molecule has 0 aliphatic heterocycles. The molecule has 7 heteroatoms. The van der Waals surface area contributed by atoms with Gasteiger partial charge in [0, 0.05) is 24.0 Å². The number of nitrogens with zero attached hydrogens (tertiary/aromatic N) is 1. The molecule has 136 valence electrons. The SMILES string of the molecule is CCN(CCO)Cc1ccc2[nH]c(-c3ccc(C(N)=O)[nH]c3=O)cc2c1. The van der Waals surface area contributed by atoms with Gasteiger partial charge in [0.05, 0.1) is 17.9 Å².